The molecular weight excluding hydrogens is 292 g/mol. The molecule has 0 atom stereocenters. The van der Waals surface area contributed by atoms with Gasteiger partial charge in [-0.05, 0) is 43.1 Å². The Morgan fingerprint density at radius 3 is 2.44 bits per heavy atom. The van der Waals surface area contributed by atoms with Crippen molar-refractivity contribution in [3.63, 3.8) is 0 Å². The molecule has 0 unspecified atom stereocenters. The Morgan fingerprint density at radius 1 is 1.17 bits per heavy atom. The molecule has 1 amide bonds. The minimum absolute atomic E-state index is 0.0202. The highest BCUT2D eigenvalue weighted by molar-refractivity contribution is 9.10. The van der Waals surface area contributed by atoms with Gasteiger partial charge in [0.25, 0.3) is 5.91 Å². The lowest BCUT2D eigenvalue weighted by molar-refractivity contribution is 0.0954. The van der Waals surface area contributed by atoms with Crippen molar-refractivity contribution in [2.45, 2.75) is 20.3 Å². The molecule has 1 rings (SSSR count). The minimum Gasteiger partial charge on any atom is -0.351 e. The third-order valence-corrected chi connectivity index (χ3v) is 3.12. The summed E-state index contributed by atoms with van der Waals surface area (Å²) in [6.07, 6.45) is 1.17. The van der Waals surface area contributed by atoms with Gasteiger partial charge in [0.05, 0.1) is 0 Å². The average Bonchev–Trinajstić information content (AvgIpc) is 2.34. The SMILES string of the molecule is CC(C)CCNCCNC(=O)c1ccc(Br)cc1. The van der Waals surface area contributed by atoms with Gasteiger partial charge in [0.2, 0.25) is 0 Å². The van der Waals surface area contributed by atoms with E-state index in [0.29, 0.717) is 12.1 Å². The highest BCUT2D eigenvalue weighted by atomic mass is 79.9. The Labute approximate surface area is 117 Å². The first kappa shape index (κ1) is 15.2. The van der Waals surface area contributed by atoms with Crippen LogP contribution in [-0.2, 0) is 0 Å². The van der Waals surface area contributed by atoms with E-state index in [4.69, 9.17) is 0 Å². The summed E-state index contributed by atoms with van der Waals surface area (Å²) >= 11 is 3.35. The maximum absolute atomic E-state index is 11.7. The second kappa shape index (κ2) is 8.27. The number of rotatable bonds is 7. The van der Waals surface area contributed by atoms with E-state index in [0.717, 1.165) is 23.5 Å². The summed E-state index contributed by atoms with van der Waals surface area (Å²) in [6, 6.07) is 7.36. The summed E-state index contributed by atoms with van der Waals surface area (Å²) < 4.78 is 0.981. The molecule has 1 aromatic rings. The highest BCUT2D eigenvalue weighted by Crippen LogP contribution is 2.10. The molecule has 3 nitrogen and oxygen atoms in total. The minimum atomic E-state index is -0.0202. The lowest BCUT2D eigenvalue weighted by Crippen LogP contribution is -2.32. The maximum atomic E-state index is 11.7. The summed E-state index contributed by atoms with van der Waals surface area (Å²) in [4.78, 5) is 11.7. The Bertz CT molecular complexity index is 363. The van der Waals surface area contributed by atoms with E-state index in [1.165, 1.54) is 6.42 Å². The normalized spacial score (nSPS) is 10.7. The van der Waals surface area contributed by atoms with Gasteiger partial charge in [-0.15, -0.1) is 0 Å². The first-order chi connectivity index (χ1) is 8.59. The molecule has 0 heterocycles. The monoisotopic (exact) mass is 312 g/mol. The lowest BCUT2D eigenvalue weighted by Gasteiger charge is -2.08. The third kappa shape index (κ3) is 6.17. The van der Waals surface area contributed by atoms with Crippen molar-refractivity contribution in [3.05, 3.63) is 34.3 Å². The van der Waals surface area contributed by atoms with Gasteiger partial charge in [-0.1, -0.05) is 29.8 Å². The number of amides is 1. The van der Waals surface area contributed by atoms with E-state index >= 15 is 0 Å². The highest BCUT2D eigenvalue weighted by Gasteiger charge is 2.03. The number of benzene rings is 1. The molecule has 0 saturated heterocycles. The molecule has 1 aromatic carbocycles. The quantitative estimate of drug-likeness (QED) is 0.760. The Kier molecular flexibility index (Phi) is 6.98. The van der Waals surface area contributed by atoms with Crippen molar-refractivity contribution in [3.8, 4) is 0 Å². The van der Waals surface area contributed by atoms with Crippen molar-refractivity contribution in [2.24, 2.45) is 5.92 Å². The van der Waals surface area contributed by atoms with Crippen LogP contribution in [0.15, 0.2) is 28.7 Å². The van der Waals surface area contributed by atoms with Gasteiger partial charge in [-0.25, -0.2) is 0 Å². The summed E-state index contributed by atoms with van der Waals surface area (Å²) in [5.41, 5.74) is 0.695. The Balaban J connectivity index is 2.16. The van der Waals surface area contributed by atoms with Crippen LogP contribution in [0.25, 0.3) is 0 Å². The molecule has 0 spiro atoms. The van der Waals surface area contributed by atoms with Crippen LogP contribution in [0.5, 0.6) is 0 Å². The number of nitrogens with one attached hydrogen (secondary N) is 2. The van der Waals surface area contributed by atoms with Crippen LogP contribution in [0, 0.1) is 5.92 Å². The molecule has 0 radical (unpaired) electrons. The number of halogens is 1. The van der Waals surface area contributed by atoms with Crippen LogP contribution in [0.2, 0.25) is 0 Å². The van der Waals surface area contributed by atoms with E-state index in [9.17, 15) is 4.79 Å². The van der Waals surface area contributed by atoms with Crippen molar-refractivity contribution in [1.82, 2.24) is 10.6 Å². The zero-order valence-corrected chi connectivity index (χ0v) is 12.6. The van der Waals surface area contributed by atoms with E-state index in [-0.39, 0.29) is 5.91 Å². The largest absolute Gasteiger partial charge is 0.351 e. The summed E-state index contributed by atoms with van der Waals surface area (Å²) in [5, 5.41) is 6.20. The second-order valence-electron chi connectivity index (χ2n) is 4.70. The summed E-state index contributed by atoms with van der Waals surface area (Å²) in [7, 11) is 0. The molecule has 4 heteroatoms. The molecule has 0 aromatic heterocycles. The van der Waals surface area contributed by atoms with Crippen LogP contribution in [-0.4, -0.2) is 25.5 Å². The second-order valence-corrected chi connectivity index (χ2v) is 5.61. The van der Waals surface area contributed by atoms with Crippen molar-refractivity contribution >= 4 is 21.8 Å². The number of carbonyl (C=O) groups is 1. The van der Waals surface area contributed by atoms with Crippen LogP contribution in [0.4, 0.5) is 0 Å². The zero-order chi connectivity index (χ0) is 13.4. The van der Waals surface area contributed by atoms with Crippen LogP contribution in [0.3, 0.4) is 0 Å². The fourth-order valence-electron chi connectivity index (χ4n) is 1.48. The van der Waals surface area contributed by atoms with E-state index in [1.807, 2.05) is 24.3 Å². The average molecular weight is 313 g/mol. The molecule has 0 fully saturated rings. The number of hydrogen-bond donors (Lipinski definition) is 2. The van der Waals surface area contributed by atoms with Gasteiger partial charge in [-0.3, -0.25) is 4.79 Å². The molecular formula is C14H21BrN2O. The van der Waals surface area contributed by atoms with Gasteiger partial charge in [-0.2, -0.15) is 0 Å². The Morgan fingerprint density at radius 2 is 1.83 bits per heavy atom. The fraction of sp³-hybridized carbons (Fsp3) is 0.500. The van der Waals surface area contributed by atoms with Crippen molar-refractivity contribution in [1.29, 1.82) is 0 Å². The zero-order valence-electron chi connectivity index (χ0n) is 11.0. The fourth-order valence-corrected chi connectivity index (χ4v) is 1.75. The Hall–Kier alpha value is -0.870. The maximum Gasteiger partial charge on any atom is 0.251 e. The van der Waals surface area contributed by atoms with Gasteiger partial charge in [0.1, 0.15) is 0 Å². The molecule has 0 aliphatic heterocycles. The van der Waals surface area contributed by atoms with Crippen molar-refractivity contribution < 1.29 is 4.79 Å². The van der Waals surface area contributed by atoms with E-state index in [1.54, 1.807) is 0 Å². The number of carbonyl (C=O) groups excluding carboxylic acids is 1. The van der Waals surface area contributed by atoms with Crippen LogP contribution >= 0.6 is 15.9 Å². The molecule has 2 N–H and O–H groups in total. The topological polar surface area (TPSA) is 41.1 Å². The molecule has 0 aliphatic carbocycles. The first-order valence-electron chi connectivity index (χ1n) is 6.34. The standard InChI is InChI=1S/C14H21BrN2O/c1-11(2)7-8-16-9-10-17-14(18)12-3-5-13(15)6-4-12/h3-6,11,16H,7-10H2,1-2H3,(H,17,18). The van der Waals surface area contributed by atoms with Gasteiger partial charge >= 0.3 is 0 Å². The van der Waals surface area contributed by atoms with E-state index in [2.05, 4.69) is 40.4 Å². The van der Waals surface area contributed by atoms with Gasteiger partial charge in [0, 0.05) is 23.1 Å². The van der Waals surface area contributed by atoms with Crippen LogP contribution < -0.4 is 10.6 Å². The van der Waals surface area contributed by atoms with E-state index < -0.39 is 0 Å². The molecule has 100 valence electrons. The smallest absolute Gasteiger partial charge is 0.251 e. The predicted octanol–water partition coefficient (Wildman–Crippen LogP) is 2.81. The third-order valence-electron chi connectivity index (χ3n) is 2.59. The molecule has 0 bridgehead atoms. The molecule has 0 saturated carbocycles. The first-order valence-corrected chi connectivity index (χ1v) is 7.13. The summed E-state index contributed by atoms with van der Waals surface area (Å²) in [5.74, 6) is 0.697. The van der Waals surface area contributed by atoms with Crippen LogP contribution in [0.1, 0.15) is 30.6 Å². The molecule has 0 aliphatic rings. The predicted molar refractivity (Wildman–Crippen MR) is 78.8 cm³/mol. The lowest BCUT2D eigenvalue weighted by atomic mass is 10.1. The molecule has 18 heavy (non-hydrogen) atoms. The van der Waals surface area contributed by atoms with Crippen molar-refractivity contribution in [2.75, 3.05) is 19.6 Å². The summed E-state index contributed by atoms with van der Waals surface area (Å²) in [6.45, 7) is 6.89. The van der Waals surface area contributed by atoms with Gasteiger partial charge < -0.3 is 10.6 Å². The van der Waals surface area contributed by atoms with Gasteiger partial charge in [0.15, 0.2) is 0 Å². The number of hydrogen-bond acceptors (Lipinski definition) is 2.